The van der Waals surface area contributed by atoms with Gasteiger partial charge in [-0.05, 0) is 38.1 Å². The highest BCUT2D eigenvalue weighted by atomic mass is 35.5. The largest absolute Gasteiger partial charge is 0.463 e. The fraction of sp³-hybridized carbons (Fsp3) is 0.211. The summed E-state index contributed by atoms with van der Waals surface area (Å²) in [5.41, 5.74) is 0.141. The van der Waals surface area contributed by atoms with Gasteiger partial charge < -0.3 is 10.1 Å². The topological polar surface area (TPSA) is 107 Å². The van der Waals surface area contributed by atoms with Crippen molar-refractivity contribution < 1.29 is 18.8 Å². The predicted molar refractivity (Wildman–Crippen MR) is 104 cm³/mol. The quantitative estimate of drug-likeness (QED) is 0.450. The van der Waals surface area contributed by atoms with Crippen molar-refractivity contribution in [2.45, 2.75) is 19.9 Å². The third kappa shape index (κ3) is 4.09. The van der Waals surface area contributed by atoms with Crippen LogP contribution in [0.4, 0.5) is 10.1 Å². The van der Waals surface area contributed by atoms with Gasteiger partial charge in [-0.25, -0.2) is 14.2 Å². The molecular formula is C19H16ClFN4O4. The van der Waals surface area contributed by atoms with Crippen molar-refractivity contribution in [3.8, 4) is 0 Å². The third-order valence-corrected chi connectivity index (χ3v) is 4.44. The SMILES string of the molecule is CCOC(=O)C1=C(C)NC(c2ncccc2F)=NC1c1ccc(Cl)cc1[N+](=O)[O-]. The fourth-order valence-electron chi connectivity index (χ4n) is 2.96. The summed E-state index contributed by atoms with van der Waals surface area (Å²) in [6.07, 6.45) is 1.39. The van der Waals surface area contributed by atoms with E-state index in [2.05, 4.69) is 15.3 Å². The smallest absolute Gasteiger partial charge is 0.338 e. The molecule has 2 heterocycles. The van der Waals surface area contributed by atoms with Gasteiger partial charge in [0.2, 0.25) is 0 Å². The first kappa shape index (κ1) is 20.4. The van der Waals surface area contributed by atoms with E-state index in [0.29, 0.717) is 5.70 Å². The van der Waals surface area contributed by atoms with Crippen molar-refractivity contribution in [2.24, 2.45) is 4.99 Å². The zero-order valence-electron chi connectivity index (χ0n) is 15.5. The van der Waals surface area contributed by atoms with Crippen molar-refractivity contribution in [3.05, 3.63) is 80.0 Å². The summed E-state index contributed by atoms with van der Waals surface area (Å²) >= 11 is 5.91. The van der Waals surface area contributed by atoms with Crippen LogP contribution in [0.2, 0.25) is 5.02 Å². The van der Waals surface area contributed by atoms with Crippen LogP contribution in [-0.2, 0) is 9.53 Å². The van der Waals surface area contributed by atoms with Crippen molar-refractivity contribution in [1.82, 2.24) is 10.3 Å². The van der Waals surface area contributed by atoms with Gasteiger partial charge >= 0.3 is 5.97 Å². The highest BCUT2D eigenvalue weighted by Crippen LogP contribution is 2.38. The maximum absolute atomic E-state index is 14.3. The maximum Gasteiger partial charge on any atom is 0.338 e. The number of hydrogen-bond acceptors (Lipinski definition) is 7. The molecule has 0 amide bonds. The summed E-state index contributed by atoms with van der Waals surface area (Å²) in [6.45, 7) is 3.33. The van der Waals surface area contributed by atoms with E-state index >= 15 is 0 Å². The van der Waals surface area contributed by atoms with E-state index in [1.165, 1.54) is 36.5 Å². The van der Waals surface area contributed by atoms with Crippen LogP contribution in [0.25, 0.3) is 0 Å². The van der Waals surface area contributed by atoms with E-state index in [0.717, 1.165) is 0 Å². The van der Waals surface area contributed by atoms with E-state index < -0.39 is 22.8 Å². The number of pyridine rings is 1. The second kappa shape index (κ2) is 8.36. The number of hydrogen-bond donors (Lipinski definition) is 1. The number of aromatic nitrogens is 1. The number of ether oxygens (including phenoxy) is 1. The van der Waals surface area contributed by atoms with Crippen molar-refractivity contribution >= 4 is 29.1 Å². The number of carbonyl (C=O) groups is 1. The molecule has 10 heteroatoms. The van der Waals surface area contributed by atoms with Gasteiger partial charge in [-0.2, -0.15) is 0 Å². The molecule has 1 aliphatic heterocycles. The average Bonchev–Trinajstić information content (AvgIpc) is 2.67. The number of carbonyl (C=O) groups excluding carboxylic acids is 1. The Bertz CT molecular complexity index is 1050. The Hall–Kier alpha value is -3.33. The van der Waals surface area contributed by atoms with Crippen molar-refractivity contribution in [2.75, 3.05) is 6.61 Å². The van der Waals surface area contributed by atoms with Gasteiger partial charge in [-0.1, -0.05) is 11.6 Å². The van der Waals surface area contributed by atoms with E-state index in [1.807, 2.05) is 0 Å². The second-order valence-corrected chi connectivity index (χ2v) is 6.49. The molecule has 1 aromatic heterocycles. The number of esters is 1. The number of amidine groups is 1. The summed E-state index contributed by atoms with van der Waals surface area (Å²) in [5.74, 6) is -1.27. The Morgan fingerprint density at radius 2 is 2.17 bits per heavy atom. The van der Waals surface area contributed by atoms with Gasteiger partial charge in [0.1, 0.15) is 11.7 Å². The van der Waals surface area contributed by atoms with Gasteiger partial charge in [0, 0.05) is 23.0 Å². The van der Waals surface area contributed by atoms with Crippen LogP contribution in [0.1, 0.15) is 31.1 Å². The Labute approximate surface area is 170 Å². The highest BCUT2D eigenvalue weighted by molar-refractivity contribution is 6.30. The molecule has 0 radical (unpaired) electrons. The molecule has 0 fully saturated rings. The molecule has 1 N–H and O–H groups in total. The summed E-state index contributed by atoms with van der Waals surface area (Å²) in [5, 5.41) is 14.6. The maximum atomic E-state index is 14.3. The standard InChI is InChI=1S/C19H16ClFN4O4/c1-3-29-19(26)15-10(2)23-18(17-13(21)5-4-8-22-17)24-16(15)12-7-6-11(20)9-14(12)25(27)28/h4-9,16H,3H2,1-2H3,(H,23,24). The van der Waals surface area contributed by atoms with Gasteiger partial charge in [-0.3, -0.25) is 15.1 Å². The first-order valence-corrected chi connectivity index (χ1v) is 8.98. The Morgan fingerprint density at radius 1 is 1.41 bits per heavy atom. The molecule has 2 aromatic rings. The molecule has 1 aliphatic rings. The molecule has 29 heavy (non-hydrogen) atoms. The summed E-state index contributed by atoms with van der Waals surface area (Å²) < 4.78 is 19.4. The normalized spacial score (nSPS) is 16.1. The van der Waals surface area contributed by atoms with E-state index in [-0.39, 0.29) is 40.0 Å². The number of halogens is 2. The number of allylic oxidation sites excluding steroid dienone is 1. The molecule has 3 rings (SSSR count). The van der Waals surface area contributed by atoms with Crippen LogP contribution >= 0.6 is 11.6 Å². The monoisotopic (exact) mass is 418 g/mol. The molecule has 0 bridgehead atoms. The van der Waals surface area contributed by atoms with Crippen molar-refractivity contribution in [3.63, 3.8) is 0 Å². The summed E-state index contributed by atoms with van der Waals surface area (Å²) in [6, 6.07) is 5.58. The summed E-state index contributed by atoms with van der Waals surface area (Å²) in [7, 11) is 0. The molecule has 150 valence electrons. The van der Waals surface area contributed by atoms with E-state index in [4.69, 9.17) is 16.3 Å². The lowest BCUT2D eigenvalue weighted by molar-refractivity contribution is -0.385. The lowest BCUT2D eigenvalue weighted by atomic mass is 9.94. The first-order chi connectivity index (χ1) is 13.8. The zero-order valence-corrected chi connectivity index (χ0v) is 16.2. The predicted octanol–water partition coefficient (Wildman–Crippen LogP) is 3.71. The number of benzene rings is 1. The van der Waals surface area contributed by atoms with Gasteiger partial charge in [0.05, 0.1) is 22.7 Å². The number of nitrogens with one attached hydrogen (secondary N) is 1. The molecule has 1 unspecified atom stereocenters. The summed E-state index contributed by atoms with van der Waals surface area (Å²) in [4.78, 5) is 31.9. The molecule has 1 aromatic carbocycles. The number of rotatable bonds is 5. The number of nitrogens with zero attached hydrogens (tertiary/aromatic N) is 3. The van der Waals surface area contributed by atoms with Gasteiger partial charge in [0.15, 0.2) is 11.7 Å². The van der Waals surface area contributed by atoms with Crippen molar-refractivity contribution in [1.29, 1.82) is 0 Å². The van der Waals surface area contributed by atoms with Crippen LogP contribution in [0.5, 0.6) is 0 Å². The lowest BCUT2D eigenvalue weighted by Crippen LogP contribution is -2.34. The van der Waals surface area contributed by atoms with Gasteiger partial charge in [-0.15, -0.1) is 0 Å². The molecule has 0 saturated carbocycles. The minimum Gasteiger partial charge on any atom is -0.463 e. The molecule has 0 aliphatic carbocycles. The Kier molecular flexibility index (Phi) is 5.88. The van der Waals surface area contributed by atoms with Gasteiger partial charge in [0.25, 0.3) is 5.69 Å². The Balaban J connectivity index is 2.22. The average molecular weight is 419 g/mol. The van der Waals surface area contributed by atoms with E-state index in [1.54, 1.807) is 13.8 Å². The second-order valence-electron chi connectivity index (χ2n) is 6.06. The molecule has 8 nitrogen and oxygen atoms in total. The molecule has 0 saturated heterocycles. The highest BCUT2D eigenvalue weighted by Gasteiger charge is 2.35. The minimum atomic E-state index is -1.11. The molecular weight excluding hydrogens is 403 g/mol. The van der Waals surface area contributed by atoms with Crippen LogP contribution < -0.4 is 5.32 Å². The van der Waals surface area contributed by atoms with Crippen LogP contribution in [0.3, 0.4) is 0 Å². The zero-order chi connectivity index (χ0) is 21.1. The third-order valence-electron chi connectivity index (χ3n) is 4.20. The number of nitro benzene ring substituents is 1. The molecule has 1 atom stereocenters. The lowest BCUT2D eigenvalue weighted by Gasteiger charge is -2.25. The Morgan fingerprint density at radius 3 is 2.83 bits per heavy atom. The van der Waals surface area contributed by atoms with Crippen LogP contribution in [0.15, 0.2) is 52.8 Å². The first-order valence-electron chi connectivity index (χ1n) is 8.61. The fourth-order valence-corrected chi connectivity index (χ4v) is 3.13. The minimum absolute atomic E-state index is 0.0443. The van der Waals surface area contributed by atoms with Crippen LogP contribution in [-0.4, -0.2) is 28.3 Å². The molecule has 0 spiro atoms. The number of nitro groups is 1. The number of aliphatic imine (C=N–C) groups is 1. The van der Waals surface area contributed by atoms with E-state index in [9.17, 15) is 19.3 Å². The van der Waals surface area contributed by atoms with Crippen LogP contribution in [0, 0.1) is 15.9 Å².